The molecule has 0 spiro atoms. The fraction of sp³-hybridized carbons (Fsp3) is 0.556. The van der Waals surface area contributed by atoms with Crippen LogP contribution < -0.4 is 4.74 Å². The van der Waals surface area contributed by atoms with Gasteiger partial charge < -0.3 is 14.5 Å². The maximum Gasteiger partial charge on any atom is 0.227 e. The van der Waals surface area contributed by atoms with Crippen LogP contribution in [-0.4, -0.2) is 55.9 Å². The number of nitrogens with zero attached hydrogens (tertiary/aromatic N) is 2. The Kier molecular flexibility index (Phi) is 5.64. The molecule has 0 aliphatic carbocycles. The Balaban J connectivity index is 1.96. The summed E-state index contributed by atoms with van der Waals surface area (Å²) >= 11 is 0. The quantitative estimate of drug-likeness (QED) is 0.835. The minimum atomic E-state index is -0.0597. The number of carbonyl (C=O) groups is 2. The predicted molar refractivity (Wildman–Crippen MR) is 89.4 cm³/mol. The van der Waals surface area contributed by atoms with Crippen LogP contribution in [-0.2, 0) is 9.59 Å². The van der Waals surface area contributed by atoms with E-state index in [0.717, 1.165) is 17.7 Å². The summed E-state index contributed by atoms with van der Waals surface area (Å²) in [7, 11) is 5.17. The van der Waals surface area contributed by atoms with Crippen molar-refractivity contribution in [1.29, 1.82) is 0 Å². The predicted octanol–water partition coefficient (Wildman–Crippen LogP) is 2.13. The highest BCUT2D eigenvalue weighted by Crippen LogP contribution is 2.29. The van der Waals surface area contributed by atoms with Crippen LogP contribution in [0.25, 0.3) is 0 Å². The number of ether oxygens (including phenoxy) is 1. The molecule has 1 aliphatic rings. The summed E-state index contributed by atoms with van der Waals surface area (Å²) in [5.74, 6) is 1.06. The Morgan fingerprint density at radius 3 is 2.70 bits per heavy atom. The Labute approximate surface area is 138 Å². The molecule has 2 rings (SSSR count). The molecule has 23 heavy (non-hydrogen) atoms. The van der Waals surface area contributed by atoms with Crippen LogP contribution in [0, 0.1) is 5.92 Å². The van der Waals surface area contributed by atoms with Gasteiger partial charge in [0.25, 0.3) is 0 Å². The fourth-order valence-corrected chi connectivity index (χ4v) is 3.13. The van der Waals surface area contributed by atoms with Crippen molar-refractivity contribution in [2.75, 3.05) is 34.3 Å². The first-order chi connectivity index (χ1) is 10.9. The van der Waals surface area contributed by atoms with E-state index in [1.807, 2.05) is 36.1 Å². The van der Waals surface area contributed by atoms with Crippen molar-refractivity contribution in [3.05, 3.63) is 29.8 Å². The van der Waals surface area contributed by atoms with Crippen LogP contribution >= 0.6 is 0 Å². The lowest BCUT2D eigenvalue weighted by Gasteiger charge is -2.21. The van der Waals surface area contributed by atoms with Crippen LogP contribution in [0.15, 0.2) is 24.3 Å². The van der Waals surface area contributed by atoms with E-state index >= 15 is 0 Å². The van der Waals surface area contributed by atoms with E-state index in [9.17, 15) is 9.59 Å². The molecule has 0 unspecified atom stereocenters. The first kappa shape index (κ1) is 17.3. The number of amides is 2. The summed E-state index contributed by atoms with van der Waals surface area (Å²) in [5, 5.41) is 0. The van der Waals surface area contributed by atoms with Gasteiger partial charge in [-0.1, -0.05) is 25.1 Å². The Hall–Kier alpha value is -2.04. The third-order valence-electron chi connectivity index (χ3n) is 4.48. The van der Waals surface area contributed by atoms with Crippen LogP contribution in [0.3, 0.4) is 0 Å². The number of hydrogen-bond acceptors (Lipinski definition) is 3. The van der Waals surface area contributed by atoms with Crippen molar-refractivity contribution in [3.8, 4) is 5.75 Å². The zero-order valence-electron chi connectivity index (χ0n) is 14.4. The topological polar surface area (TPSA) is 49.9 Å². The Morgan fingerprint density at radius 1 is 1.35 bits per heavy atom. The third-order valence-corrected chi connectivity index (χ3v) is 4.48. The molecule has 2 atom stereocenters. The standard InChI is InChI=1S/C18H26N2O3/c1-13(15-7-5-6-8-16(15)23-4)11-17(21)20-10-9-14(12-20)18(22)19(2)3/h5-8,13-14H,9-12H2,1-4H3/t13-,14+/m0/s1. The van der Waals surface area contributed by atoms with Gasteiger partial charge in [0.15, 0.2) is 0 Å². The van der Waals surface area contributed by atoms with Gasteiger partial charge in [0.2, 0.25) is 11.8 Å². The molecule has 5 nitrogen and oxygen atoms in total. The molecule has 0 N–H and O–H groups in total. The van der Waals surface area contributed by atoms with E-state index in [2.05, 4.69) is 0 Å². The zero-order valence-corrected chi connectivity index (χ0v) is 14.4. The minimum absolute atomic E-state index is 0.0597. The number of likely N-dealkylation sites (tertiary alicyclic amines) is 1. The second-order valence-electron chi connectivity index (χ2n) is 6.41. The van der Waals surface area contributed by atoms with Gasteiger partial charge in [0.05, 0.1) is 13.0 Å². The highest BCUT2D eigenvalue weighted by atomic mass is 16.5. The number of hydrogen-bond donors (Lipinski definition) is 0. The molecule has 1 fully saturated rings. The number of methoxy groups -OCH3 is 1. The van der Waals surface area contributed by atoms with E-state index < -0.39 is 0 Å². The Bertz CT molecular complexity index is 571. The van der Waals surface area contributed by atoms with Crippen molar-refractivity contribution < 1.29 is 14.3 Å². The van der Waals surface area contributed by atoms with E-state index in [4.69, 9.17) is 4.74 Å². The van der Waals surface area contributed by atoms with Gasteiger partial charge >= 0.3 is 0 Å². The van der Waals surface area contributed by atoms with Gasteiger partial charge in [-0.2, -0.15) is 0 Å². The van der Waals surface area contributed by atoms with Gasteiger partial charge in [0, 0.05) is 33.6 Å². The van der Waals surface area contributed by atoms with Gasteiger partial charge in [-0.25, -0.2) is 0 Å². The molecule has 5 heteroatoms. The first-order valence-electron chi connectivity index (χ1n) is 8.06. The molecule has 1 aromatic rings. The molecular formula is C18H26N2O3. The summed E-state index contributed by atoms with van der Waals surface area (Å²) in [5.41, 5.74) is 1.04. The lowest BCUT2D eigenvalue weighted by atomic mass is 9.96. The maximum absolute atomic E-state index is 12.5. The summed E-state index contributed by atoms with van der Waals surface area (Å²) in [6.45, 7) is 3.24. The summed E-state index contributed by atoms with van der Waals surface area (Å²) < 4.78 is 5.37. The molecule has 1 heterocycles. The summed E-state index contributed by atoms with van der Waals surface area (Å²) in [6, 6.07) is 7.80. The van der Waals surface area contributed by atoms with Gasteiger partial charge in [-0.15, -0.1) is 0 Å². The average Bonchev–Trinajstić information content (AvgIpc) is 3.03. The second kappa shape index (κ2) is 7.49. The molecule has 0 aromatic heterocycles. The van der Waals surface area contributed by atoms with E-state index in [1.165, 1.54) is 0 Å². The van der Waals surface area contributed by atoms with Crippen molar-refractivity contribution in [3.63, 3.8) is 0 Å². The van der Waals surface area contributed by atoms with E-state index in [-0.39, 0.29) is 23.7 Å². The van der Waals surface area contributed by atoms with Crippen LogP contribution in [0.5, 0.6) is 5.75 Å². The van der Waals surface area contributed by atoms with Crippen LogP contribution in [0.1, 0.15) is 31.2 Å². The monoisotopic (exact) mass is 318 g/mol. The van der Waals surface area contributed by atoms with Crippen LogP contribution in [0.4, 0.5) is 0 Å². The SMILES string of the molecule is COc1ccccc1[C@@H](C)CC(=O)N1CC[C@@H](C(=O)N(C)C)C1. The molecule has 1 aliphatic heterocycles. The molecule has 1 aromatic carbocycles. The molecule has 2 amide bonds. The maximum atomic E-state index is 12.5. The number of rotatable bonds is 5. The lowest BCUT2D eigenvalue weighted by Crippen LogP contribution is -2.34. The van der Waals surface area contributed by atoms with Gasteiger partial charge in [0.1, 0.15) is 5.75 Å². The molecule has 0 saturated carbocycles. The minimum Gasteiger partial charge on any atom is -0.496 e. The van der Waals surface area contributed by atoms with Crippen molar-refractivity contribution in [2.45, 2.75) is 25.7 Å². The molecule has 0 bridgehead atoms. The van der Waals surface area contributed by atoms with Gasteiger partial charge in [-0.05, 0) is 24.0 Å². The highest BCUT2D eigenvalue weighted by molar-refractivity contribution is 5.82. The summed E-state index contributed by atoms with van der Waals surface area (Å²) in [4.78, 5) is 28.0. The lowest BCUT2D eigenvalue weighted by molar-refractivity contribution is -0.133. The van der Waals surface area contributed by atoms with Gasteiger partial charge in [-0.3, -0.25) is 9.59 Å². The van der Waals surface area contributed by atoms with Crippen molar-refractivity contribution in [2.24, 2.45) is 5.92 Å². The second-order valence-corrected chi connectivity index (χ2v) is 6.41. The van der Waals surface area contributed by atoms with Crippen molar-refractivity contribution in [1.82, 2.24) is 9.80 Å². The zero-order chi connectivity index (χ0) is 17.0. The molecular weight excluding hydrogens is 292 g/mol. The number of benzene rings is 1. The van der Waals surface area contributed by atoms with Crippen LogP contribution in [0.2, 0.25) is 0 Å². The Morgan fingerprint density at radius 2 is 2.04 bits per heavy atom. The number of para-hydroxylation sites is 1. The van der Waals surface area contributed by atoms with E-state index in [1.54, 1.807) is 26.1 Å². The molecule has 126 valence electrons. The number of carbonyl (C=O) groups excluding carboxylic acids is 2. The normalized spacial score (nSPS) is 18.6. The molecule has 0 radical (unpaired) electrons. The smallest absolute Gasteiger partial charge is 0.227 e. The first-order valence-corrected chi connectivity index (χ1v) is 8.06. The van der Waals surface area contributed by atoms with E-state index in [0.29, 0.717) is 19.5 Å². The third kappa shape index (κ3) is 4.03. The average molecular weight is 318 g/mol. The largest absolute Gasteiger partial charge is 0.496 e. The van der Waals surface area contributed by atoms with Crippen molar-refractivity contribution >= 4 is 11.8 Å². The molecule has 1 saturated heterocycles. The highest BCUT2D eigenvalue weighted by Gasteiger charge is 2.32. The summed E-state index contributed by atoms with van der Waals surface area (Å²) in [6.07, 6.45) is 1.19. The fourth-order valence-electron chi connectivity index (χ4n) is 3.13.